The average Bonchev–Trinajstić information content (AvgIpc) is 2.99. The summed E-state index contributed by atoms with van der Waals surface area (Å²) in [5.41, 5.74) is 0. The standard InChI is InChI=1S/C16H22F3NO/c1-10-7-14(10)15-6-5-13(21-15)9-20-12-4-2-3-11(8-12)16(17,18)19/h5-6,10-12,14,20H,2-4,7-9H2,1H3. The van der Waals surface area contributed by atoms with Crippen molar-refractivity contribution < 1.29 is 17.6 Å². The Morgan fingerprint density at radius 2 is 2.00 bits per heavy atom. The highest BCUT2D eigenvalue weighted by molar-refractivity contribution is 5.17. The van der Waals surface area contributed by atoms with Crippen LogP contribution in [0.5, 0.6) is 0 Å². The summed E-state index contributed by atoms with van der Waals surface area (Å²) in [4.78, 5) is 0. The second-order valence-electron chi connectivity index (χ2n) is 6.61. The van der Waals surface area contributed by atoms with Crippen molar-refractivity contribution in [3.05, 3.63) is 23.7 Å². The number of alkyl halides is 3. The van der Waals surface area contributed by atoms with Gasteiger partial charge in [-0.15, -0.1) is 0 Å². The lowest BCUT2D eigenvalue weighted by Gasteiger charge is -2.30. The molecule has 21 heavy (non-hydrogen) atoms. The minimum atomic E-state index is -4.06. The number of halogens is 3. The molecule has 1 aromatic heterocycles. The molecule has 4 atom stereocenters. The maximum absolute atomic E-state index is 12.8. The molecule has 5 heteroatoms. The minimum Gasteiger partial charge on any atom is -0.464 e. The summed E-state index contributed by atoms with van der Waals surface area (Å²) >= 11 is 0. The van der Waals surface area contributed by atoms with E-state index < -0.39 is 12.1 Å². The zero-order valence-corrected chi connectivity index (χ0v) is 12.2. The quantitative estimate of drug-likeness (QED) is 0.878. The predicted octanol–water partition coefficient (Wildman–Crippen LogP) is 4.61. The van der Waals surface area contributed by atoms with Gasteiger partial charge in [-0.2, -0.15) is 13.2 Å². The van der Waals surface area contributed by atoms with E-state index in [0.717, 1.165) is 17.9 Å². The molecule has 0 spiro atoms. The van der Waals surface area contributed by atoms with Crippen molar-refractivity contribution in [3.63, 3.8) is 0 Å². The summed E-state index contributed by atoms with van der Waals surface area (Å²) in [6, 6.07) is 3.89. The van der Waals surface area contributed by atoms with E-state index in [2.05, 4.69) is 12.2 Å². The van der Waals surface area contributed by atoms with Gasteiger partial charge in [0.15, 0.2) is 0 Å². The van der Waals surface area contributed by atoms with Gasteiger partial charge in [0.25, 0.3) is 0 Å². The molecular formula is C16H22F3NO. The highest BCUT2D eigenvalue weighted by atomic mass is 19.4. The molecule has 2 nitrogen and oxygen atoms in total. The summed E-state index contributed by atoms with van der Waals surface area (Å²) in [5.74, 6) is 1.95. The third-order valence-electron chi connectivity index (χ3n) is 4.86. The third kappa shape index (κ3) is 3.62. The van der Waals surface area contributed by atoms with Gasteiger partial charge in [0, 0.05) is 12.0 Å². The maximum Gasteiger partial charge on any atom is 0.391 e. The zero-order chi connectivity index (χ0) is 15.0. The van der Waals surface area contributed by atoms with Crippen LogP contribution in [0.1, 0.15) is 56.5 Å². The normalized spacial score (nSPS) is 33.1. The Morgan fingerprint density at radius 1 is 1.24 bits per heavy atom. The smallest absolute Gasteiger partial charge is 0.391 e. The van der Waals surface area contributed by atoms with E-state index in [9.17, 15) is 13.2 Å². The first-order valence-corrected chi connectivity index (χ1v) is 7.82. The topological polar surface area (TPSA) is 25.2 Å². The van der Waals surface area contributed by atoms with Gasteiger partial charge in [-0.3, -0.25) is 0 Å². The Hall–Kier alpha value is -0.970. The van der Waals surface area contributed by atoms with Crippen molar-refractivity contribution in [1.29, 1.82) is 0 Å². The number of hydrogen-bond acceptors (Lipinski definition) is 2. The van der Waals surface area contributed by atoms with E-state index in [0.29, 0.717) is 24.8 Å². The summed E-state index contributed by atoms with van der Waals surface area (Å²) in [6.07, 6.45) is -0.954. The molecule has 4 unspecified atom stereocenters. The molecule has 2 aliphatic carbocycles. The molecule has 1 N–H and O–H groups in total. The van der Waals surface area contributed by atoms with Crippen molar-refractivity contribution in [3.8, 4) is 0 Å². The van der Waals surface area contributed by atoms with Crippen LogP contribution in [0.25, 0.3) is 0 Å². The molecule has 0 radical (unpaired) electrons. The molecule has 2 fully saturated rings. The summed E-state index contributed by atoms with van der Waals surface area (Å²) in [6.45, 7) is 2.72. The first kappa shape index (κ1) is 14.9. The van der Waals surface area contributed by atoms with Gasteiger partial charge in [-0.1, -0.05) is 13.3 Å². The highest BCUT2D eigenvalue weighted by Crippen LogP contribution is 2.47. The Morgan fingerprint density at radius 3 is 2.67 bits per heavy atom. The predicted molar refractivity (Wildman–Crippen MR) is 73.9 cm³/mol. The van der Waals surface area contributed by atoms with Crippen LogP contribution >= 0.6 is 0 Å². The van der Waals surface area contributed by atoms with Crippen molar-refractivity contribution in [2.24, 2.45) is 11.8 Å². The van der Waals surface area contributed by atoms with Crippen LogP contribution in [-0.2, 0) is 6.54 Å². The van der Waals surface area contributed by atoms with E-state index in [1.54, 1.807) is 0 Å². The van der Waals surface area contributed by atoms with Crippen LogP contribution in [0.4, 0.5) is 13.2 Å². The number of nitrogens with one attached hydrogen (secondary N) is 1. The van der Waals surface area contributed by atoms with Gasteiger partial charge in [-0.25, -0.2) is 0 Å². The van der Waals surface area contributed by atoms with Crippen LogP contribution in [0, 0.1) is 11.8 Å². The minimum absolute atomic E-state index is 0.0567. The molecule has 0 amide bonds. The van der Waals surface area contributed by atoms with Gasteiger partial charge < -0.3 is 9.73 Å². The summed E-state index contributed by atoms with van der Waals surface area (Å²) in [7, 11) is 0. The third-order valence-corrected chi connectivity index (χ3v) is 4.86. The van der Waals surface area contributed by atoms with Crippen LogP contribution in [-0.4, -0.2) is 12.2 Å². The lowest BCUT2D eigenvalue weighted by atomic mass is 9.85. The number of rotatable bonds is 4. The molecule has 0 aliphatic heterocycles. The fourth-order valence-corrected chi connectivity index (χ4v) is 3.32. The molecular weight excluding hydrogens is 279 g/mol. The molecule has 1 heterocycles. The Balaban J connectivity index is 1.49. The zero-order valence-electron chi connectivity index (χ0n) is 12.2. The van der Waals surface area contributed by atoms with Crippen molar-refractivity contribution >= 4 is 0 Å². The van der Waals surface area contributed by atoms with Gasteiger partial charge >= 0.3 is 6.18 Å². The molecule has 0 bridgehead atoms. The Kier molecular flexibility index (Phi) is 4.04. The van der Waals surface area contributed by atoms with E-state index >= 15 is 0 Å². The van der Waals surface area contributed by atoms with Crippen LogP contribution < -0.4 is 5.32 Å². The van der Waals surface area contributed by atoms with Crippen LogP contribution in [0.2, 0.25) is 0 Å². The van der Waals surface area contributed by atoms with Crippen LogP contribution in [0.15, 0.2) is 16.5 Å². The number of furan rings is 1. The molecule has 0 saturated heterocycles. The Bertz CT molecular complexity index is 482. The summed E-state index contributed by atoms with van der Waals surface area (Å²) < 4.78 is 44.1. The lowest BCUT2D eigenvalue weighted by Crippen LogP contribution is -2.38. The van der Waals surface area contributed by atoms with E-state index in [1.165, 1.54) is 6.42 Å². The molecule has 118 valence electrons. The van der Waals surface area contributed by atoms with Crippen molar-refractivity contribution in [1.82, 2.24) is 5.32 Å². The van der Waals surface area contributed by atoms with Crippen molar-refractivity contribution in [2.75, 3.05) is 0 Å². The first-order chi connectivity index (χ1) is 9.93. The second-order valence-corrected chi connectivity index (χ2v) is 6.61. The van der Waals surface area contributed by atoms with Crippen molar-refractivity contribution in [2.45, 2.75) is 63.7 Å². The molecule has 3 rings (SSSR count). The first-order valence-electron chi connectivity index (χ1n) is 7.82. The average molecular weight is 301 g/mol. The van der Waals surface area contributed by atoms with E-state index in [1.807, 2.05) is 12.1 Å². The SMILES string of the molecule is CC1CC1c1ccc(CNC2CCCC(C(F)(F)F)C2)o1. The Labute approximate surface area is 123 Å². The molecule has 2 aliphatic rings. The largest absolute Gasteiger partial charge is 0.464 e. The van der Waals surface area contributed by atoms with E-state index in [4.69, 9.17) is 4.42 Å². The van der Waals surface area contributed by atoms with Gasteiger partial charge in [0.2, 0.25) is 0 Å². The van der Waals surface area contributed by atoms with Gasteiger partial charge in [-0.05, 0) is 43.7 Å². The molecule has 0 aromatic carbocycles. The molecule has 1 aromatic rings. The maximum atomic E-state index is 12.8. The van der Waals surface area contributed by atoms with Crippen LogP contribution in [0.3, 0.4) is 0 Å². The number of hydrogen-bond donors (Lipinski definition) is 1. The molecule has 2 saturated carbocycles. The monoisotopic (exact) mass is 301 g/mol. The second kappa shape index (κ2) is 5.67. The fraction of sp³-hybridized carbons (Fsp3) is 0.750. The van der Waals surface area contributed by atoms with Gasteiger partial charge in [0.1, 0.15) is 11.5 Å². The van der Waals surface area contributed by atoms with E-state index in [-0.39, 0.29) is 18.9 Å². The fourth-order valence-electron chi connectivity index (χ4n) is 3.32. The van der Waals surface area contributed by atoms with Gasteiger partial charge in [0.05, 0.1) is 12.5 Å². The highest BCUT2D eigenvalue weighted by Gasteiger charge is 2.42. The summed E-state index contributed by atoms with van der Waals surface area (Å²) in [5, 5.41) is 3.23. The lowest BCUT2D eigenvalue weighted by molar-refractivity contribution is -0.183.